The number of carbonyl (C=O) groups is 1. The number of rotatable bonds is 6. The lowest BCUT2D eigenvalue weighted by Gasteiger charge is -2.34. The van der Waals surface area contributed by atoms with Crippen molar-refractivity contribution in [2.45, 2.75) is 6.92 Å². The summed E-state index contributed by atoms with van der Waals surface area (Å²) in [6, 6.07) is 13.2. The van der Waals surface area contributed by atoms with E-state index in [-0.39, 0.29) is 12.7 Å². The SMILES string of the molecule is CCOc1ccc(-n2nnc3c(N4CCN(C(=O)/C=C/c5ccc6c(c5)OCO6)CC4)ncnc32)cc1. The van der Waals surface area contributed by atoms with E-state index in [1.165, 1.54) is 6.33 Å². The van der Waals surface area contributed by atoms with Gasteiger partial charge in [0.1, 0.15) is 12.1 Å². The average molecular weight is 500 g/mol. The highest BCUT2D eigenvalue weighted by atomic mass is 16.7. The van der Waals surface area contributed by atoms with Crippen molar-refractivity contribution < 1.29 is 19.0 Å². The van der Waals surface area contributed by atoms with Gasteiger partial charge in [-0.25, -0.2) is 9.97 Å². The Kier molecular flexibility index (Phi) is 6.01. The second kappa shape index (κ2) is 9.76. The maximum absolute atomic E-state index is 12.8. The quantitative estimate of drug-likeness (QED) is 0.370. The van der Waals surface area contributed by atoms with E-state index in [0.29, 0.717) is 55.5 Å². The van der Waals surface area contributed by atoms with Crippen molar-refractivity contribution in [2.75, 3.05) is 44.5 Å². The molecule has 0 bridgehead atoms. The molecule has 2 aromatic heterocycles. The number of aromatic nitrogens is 5. The second-order valence-electron chi connectivity index (χ2n) is 8.56. The Labute approximate surface area is 212 Å². The Morgan fingerprint density at radius 3 is 2.65 bits per heavy atom. The van der Waals surface area contributed by atoms with Gasteiger partial charge in [0, 0.05) is 32.3 Å². The third-order valence-corrected chi connectivity index (χ3v) is 6.32. The van der Waals surface area contributed by atoms with Gasteiger partial charge < -0.3 is 24.0 Å². The first-order chi connectivity index (χ1) is 18.2. The molecule has 37 heavy (non-hydrogen) atoms. The van der Waals surface area contributed by atoms with Crippen LogP contribution >= 0.6 is 0 Å². The predicted molar refractivity (Wildman–Crippen MR) is 136 cm³/mol. The molecule has 6 rings (SSSR count). The molecule has 0 N–H and O–H groups in total. The van der Waals surface area contributed by atoms with Crippen LogP contribution in [-0.2, 0) is 4.79 Å². The Hall–Kier alpha value is -4.67. The molecule has 11 heteroatoms. The Morgan fingerprint density at radius 2 is 1.84 bits per heavy atom. The summed E-state index contributed by atoms with van der Waals surface area (Å²) in [5.41, 5.74) is 2.97. The molecule has 0 unspecified atom stereocenters. The smallest absolute Gasteiger partial charge is 0.246 e. The Bertz CT molecular complexity index is 1460. The molecule has 2 aromatic carbocycles. The van der Waals surface area contributed by atoms with Crippen LogP contribution in [0.4, 0.5) is 5.82 Å². The monoisotopic (exact) mass is 499 g/mol. The average Bonchev–Trinajstić information content (AvgIpc) is 3.59. The molecular weight excluding hydrogens is 474 g/mol. The Balaban J connectivity index is 1.13. The maximum Gasteiger partial charge on any atom is 0.246 e. The zero-order valence-electron chi connectivity index (χ0n) is 20.3. The second-order valence-corrected chi connectivity index (χ2v) is 8.56. The zero-order valence-corrected chi connectivity index (χ0v) is 20.3. The lowest BCUT2D eigenvalue weighted by Crippen LogP contribution is -2.48. The number of hydrogen-bond acceptors (Lipinski definition) is 9. The highest BCUT2D eigenvalue weighted by molar-refractivity contribution is 5.92. The number of fused-ring (bicyclic) bond motifs is 2. The van der Waals surface area contributed by atoms with Crippen LogP contribution in [0.3, 0.4) is 0 Å². The molecule has 2 aliphatic rings. The number of anilines is 1. The summed E-state index contributed by atoms with van der Waals surface area (Å²) in [6.07, 6.45) is 4.92. The van der Waals surface area contributed by atoms with Crippen molar-refractivity contribution in [2.24, 2.45) is 0 Å². The van der Waals surface area contributed by atoms with Gasteiger partial charge in [0.05, 0.1) is 12.3 Å². The first-order valence-electron chi connectivity index (χ1n) is 12.1. The van der Waals surface area contributed by atoms with E-state index in [9.17, 15) is 4.79 Å². The molecule has 11 nitrogen and oxygen atoms in total. The molecule has 188 valence electrons. The number of nitrogens with zero attached hydrogens (tertiary/aromatic N) is 7. The van der Waals surface area contributed by atoms with Crippen LogP contribution in [0.2, 0.25) is 0 Å². The van der Waals surface area contributed by atoms with Gasteiger partial charge in [-0.3, -0.25) is 4.79 Å². The van der Waals surface area contributed by atoms with Gasteiger partial charge >= 0.3 is 0 Å². The van der Waals surface area contributed by atoms with E-state index in [2.05, 4.69) is 25.2 Å². The third kappa shape index (κ3) is 4.51. The van der Waals surface area contributed by atoms with E-state index in [1.54, 1.807) is 16.8 Å². The number of piperazine rings is 1. The molecule has 1 saturated heterocycles. The largest absolute Gasteiger partial charge is 0.494 e. The van der Waals surface area contributed by atoms with Crippen LogP contribution in [0.5, 0.6) is 17.2 Å². The van der Waals surface area contributed by atoms with Crippen LogP contribution in [0, 0.1) is 0 Å². The minimum Gasteiger partial charge on any atom is -0.494 e. The first kappa shape index (κ1) is 22.8. The van der Waals surface area contributed by atoms with Crippen LogP contribution in [-0.4, -0.2) is 75.3 Å². The number of carbonyl (C=O) groups excluding carboxylic acids is 1. The number of benzene rings is 2. The normalized spacial score (nSPS) is 15.1. The van der Waals surface area contributed by atoms with Crippen molar-refractivity contribution in [1.82, 2.24) is 29.9 Å². The van der Waals surface area contributed by atoms with E-state index in [0.717, 1.165) is 22.7 Å². The van der Waals surface area contributed by atoms with Crippen molar-refractivity contribution in [1.29, 1.82) is 0 Å². The van der Waals surface area contributed by atoms with E-state index in [1.807, 2.05) is 54.3 Å². The van der Waals surface area contributed by atoms with Crippen molar-refractivity contribution in [3.63, 3.8) is 0 Å². The fourth-order valence-electron chi connectivity index (χ4n) is 4.42. The topological polar surface area (TPSA) is 108 Å². The Morgan fingerprint density at radius 1 is 1.03 bits per heavy atom. The number of hydrogen-bond donors (Lipinski definition) is 0. The molecule has 0 radical (unpaired) electrons. The maximum atomic E-state index is 12.8. The van der Waals surface area contributed by atoms with Crippen molar-refractivity contribution in [3.05, 3.63) is 60.4 Å². The summed E-state index contributed by atoms with van der Waals surface area (Å²) >= 11 is 0. The standard InChI is InChI=1S/C26H25N7O4/c1-2-35-20-7-5-19(6-8-20)33-26-24(29-30-33)25(27-16-28-26)32-13-11-31(12-14-32)23(34)10-4-18-3-9-21-22(15-18)37-17-36-21/h3-10,15-16H,2,11-14,17H2,1H3/b10-4+. The number of ether oxygens (including phenoxy) is 3. The van der Waals surface area contributed by atoms with E-state index in [4.69, 9.17) is 14.2 Å². The van der Waals surface area contributed by atoms with Gasteiger partial charge in [-0.15, -0.1) is 5.10 Å². The lowest BCUT2D eigenvalue weighted by molar-refractivity contribution is -0.126. The van der Waals surface area contributed by atoms with Crippen molar-refractivity contribution >= 4 is 29.0 Å². The minimum absolute atomic E-state index is 0.0356. The zero-order chi connectivity index (χ0) is 25.2. The summed E-state index contributed by atoms with van der Waals surface area (Å²) in [4.78, 5) is 25.7. The highest BCUT2D eigenvalue weighted by Gasteiger charge is 2.24. The van der Waals surface area contributed by atoms with Gasteiger partial charge in [-0.05, 0) is 55.0 Å². The van der Waals surface area contributed by atoms with Crippen LogP contribution in [0.25, 0.3) is 22.9 Å². The van der Waals surface area contributed by atoms with Gasteiger partial charge in [0.15, 0.2) is 28.5 Å². The summed E-state index contributed by atoms with van der Waals surface area (Å²) in [6.45, 7) is 5.19. The first-order valence-corrected chi connectivity index (χ1v) is 12.1. The predicted octanol–water partition coefficient (Wildman–Crippen LogP) is 2.70. The molecule has 1 fully saturated rings. The van der Waals surface area contributed by atoms with E-state index < -0.39 is 0 Å². The highest BCUT2D eigenvalue weighted by Crippen LogP contribution is 2.33. The molecule has 4 heterocycles. The molecule has 0 spiro atoms. The lowest BCUT2D eigenvalue weighted by atomic mass is 10.2. The molecule has 2 aliphatic heterocycles. The molecule has 0 atom stereocenters. The fraction of sp³-hybridized carbons (Fsp3) is 0.269. The van der Waals surface area contributed by atoms with Gasteiger partial charge in [0.25, 0.3) is 0 Å². The van der Waals surface area contributed by atoms with Gasteiger partial charge in [-0.2, -0.15) is 4.68 Å². The molecular formula is C26H25N7O4. The van der Waals surface area contributed by atoms with Crippen LogP contribution in [0.1, 0.15) is 12.5 Å². The van der Waals surface area contributed by atoms with E-state index >= 15 is 0 Å². The third-order valence-electron chi connectivity index (χ3n) is 6.32. The van der Waals surface area contributed by atoms with Gasteiger partial charge in [0.2, 0.25) is 12.7 Å². The summed E-state index contributed by atoms with van der Waals surface area (Å²) in [5, 5.41) is 8.70. The summed E-state index contributed by atoms with van der Waals surface area (Å²) in [7, 11) is 0. The molecule has 0 saturated carbocycles. The van der Waals surface area contributed by atoms with Crippen molar-refractivity contribution in [3.8, 4) is 22.9 Å². The fourth-order valence-corrected chi connectivity index (χ4v) is 4.42. The molecule has 0 aliphatic carbocycles. The minimum atomic E-state index is -0.0356. The summed E-state index contributed by atoms with van der Waals surface area (Å²) < 4.78 is 18.0. The van der Waals surface area contributed by atoms with Crippen LogP contribution in [0.15, 0.2) is 54.9 Å². The molecule has 1 amide bonds. The number of amides is 1. The molecule has 4 aromatic rings. The van der Waals surface area contributed by atoms with Gasteiger partial charge in [-0.1, -0.05) is 11.3 Å². The van der Waals surface area contributed by atoms with Crippen LogP contribution < -0.4 is 19.1 Å². The summed E-state index contributed by atoms with van der Waals surface area (Å²) in [5.74, 6) is 2.89.